The molecule has 0 amide bonds. The maximum Gasteiger partial charge on any atom is 0.165 e. The van der Waals surface area contributed by atoms with Crippen LogP contribution in [0.1, 0.15) is 52.8 Å². The zero-order chi connectivity index (χ0) is 14.4. The third kappa shape index (κ3) is 2.54. The number of halogens is 1. The van der Waals surface area contributed by atoms with Crippen LogP contribution in [0.5, 0.6) is 0 Å². The number of hydrogen-bond acceptors (Lipinski definition) is 0. The molecule has 0 unspecified atom stereocenters. The van der Waals surface area contributed by atoms with Gasteiger partial charge in [0.2, 0.25) is 0 Å². The smallest absolute Gasteiger partial charge is 0.165 e. The summed E-state index contributed by atoms with van der Waals surface area (Å²) in [5.41, 5.74) is 3.33. The molecule has 0 aliphatic carbocycles. The molecule has 0 aliphatic rings. The van der Waals surface area contributed by atoms with E-state index < -0.39 is 6.80 Å². The molecule has 0 bridgehead atoms. The number of nitrogens with zero attached hydrogens (tertiary/aromatic N) is 1. The maximum atomic E-state index is 13.5. The van der Waals surface area contributed by atoms with Crippen LogP contribution in [0.4, 0.5) is 4.39 Å². The lowest BCUT2D eigenvalue weighted by atomic mass is 9.87. The van der Waals surface area contributed by atoms with E-state index in [0.29, 0.717) is 0 Å². The van der Waals surface area contributed by atoms with Gasteiger partial charge in [0.1, 0.15) is 0 Å². The third-order valence-corrected chi connectivity index (χ3v) is 3.66. The average Bonchev–Trinajstić information content (AvgIpc) is 2.64. The molecule has 19 heavy (non-hydrogen) atoms. The highest BCUT2D eigenvalue weighted by Crippen LogP contribution is 2.32. The minimum atomic E-state index is -0.469. The molecule has 1 nitrogen and oxygen atoms in total. The number of aromatic nitrogens is 1. The molecule has 1 aromatic carbocycles. The Morgan fingerprint density at radius 3 is 2.05 bits per heavy atom. The molecule has 2 heteroatoms. The highest BCUT2D eigenvalue weighted by Gasteiger charge is 2.22. The lowest BCUT2D eigenvalue weighted by molar-refractivity contribution is 0.361. The van der Waals surface area contributed by atoms with E-state index in [9.17, 15) is 4.39 Å². The Kier molecular flexibility index (Phi) is 3.24. The number of hydrogen-bond donors (Lipinski definition) is 0. The molecule has 104 valence electrons. The van der Waals surface area contributed by atoms with Crippen molar-refractivity contribution in [2.45, 2.75) is 59.2 Å². The van der Waals surface area contributed by atoms with Crippen LogP contribution < -0.4 is 0 Å². The maximum absolute atomic E-state index is 13.5. The monoisotopic (exact) mass is 261 g/mol. The van der Waals surface area contributed by atoms with Crippen molar-refractivity contribution in [3.05, 3.63) is 35.5 Å². The quantitative estimate of drug-likeness (QED) is 0.668. The van der Waals surface area contributed by atoms with E-state index in [2.05, 4.69) is 65.8 Å². The van der Waals surface area contributed by atoms with Gasteiger partial charge in [-0.1, -0.05) is 53.7 Å². The van der Waals surface area contributed by atoms with E-state index in [4.69, 9.17) is 0 Å². The van der Waals surface area contributed by atoms with Crippen molar-refractivity contribution in [2.75, 3.05) is 0 Å². The van der Waals surface area contributed by atoms with Gasteiger partial charge in [-0.05, 0) is 28.5 Å². The number of fused-ring (bicyclic) bond motifs is 1. The molecule has 1 aromatic heterocycles. The van der Waals surface area contributed by atoms with Crippen LogP contribution >= 0.6 is 0 Å². The van der Waals surface area contributed by atoms with Crippen molar-refractivity contribution < 1.29 is 4.39 Å². The second-order valence-electron chi connectivity index (χ2n) is 7.35. The summed E-state index contributed by atoms with van der Waals surface area (Å²) < 4.78 is 15.3. The summed E-state index contributed by atoms with van der Waals surface area (Å²) >= 11 is 0. The molecule has 0 saturated carbocycles. The van der Waals surface area contributed by atoms with Gasteiger partial charge in [0.15, 0.2) is 6.80 Å². The lowest BCUT2D eigenvalue weighted by Gasteiger charge is -2.21. The van der Waals surface area contributed by atoms with E-state index in [1.807, 2.05) is 0 Å². The lowest BCUT2D eigenvalue weighted by Crippen LogP contribution is -2.17. The first-order valence-corrected chi connectivity index (χ1v) is 6.85. The fourth-order valence-electron chi connectivity index (χ4n) is 2.47. The fourth-order valence-corrected chi connectivity index (χ4v) is 2.47. The molecule has 0 atom stereocenters. The minimum Gasteiger partial charge on any atom is -0.316 e. The van der Waals surface area contributed by atoms with E-state index >= 15 is 0 Å². The summed E-state index contributed by atoms with van der Waals surface area (Å²) in [6.45, 7) is 12.4. The number of alkyl halides is 1. The number of rotatable bonds is 1. The van der Waals surface area contributed by atoms with Gasteiger partial charge in [0, 0.05) is 11.1 Å². The Labute approximate surface area is 115 Å². The number of benzene rings is 1. The van der Waals surface area contributed by atoms with Crippen LogP contribution in [-0.2, 0) is 17.6 Å². The topological polar surface area (TPSA) is 4.93 Å². The van der Waals surface area contributed by atoms with Crippen LogP contribution in [0.2, 0.25) is 0 Å². The van der Waals surface area contributed by atoms with Crippen LogP contribution in [-0.4, -0.2) is 4.57 Å². The largest absolute Gasteiger partial charge is 0.316 e. The van der Waals surface area contributed by atoms with Gasteiger partial charge in [-0.3, -0.25) is 0 Å². The van der Waals surface area contributed by atoms with Crippen molar-refractivity contribution in [1.29, 1.82) is 0 Å². The molecule has 0 saturated heterocycles. The first-order chi connectivity index (χ1) is 8.64. The van der Waals surface area contributed by atoms with Crippen molar-refractivity contribution in [1.82, 2.24) is 4.57 Å². The van der Waals surface area contributed by atoms with E-state index in [-0.39, 0.29) is 10.8 Å². The van der Waals surface area contributed by atoms with Gasteiger partial charge in [0.25, 0.3) is 0 Å². The van der Waals surface area contributed by atoms with Crippen LogP contribution in [0.25, 0.3) is 10.9 Å². The van der Waals surface area contributed by atoms with Gasteiger partial charge in [0.05, 0.1) is 5.52 Å². The van der Waals surface area contributed by atoms with Gasteiger partial charge < -0.3 is 4.57 Å². The average molecular weight is 261 g/mol. The predicted octanol–water partition coefficient (Wildman–Crippen LogP) is 5.16. The molecule has 2 rings (SSSR count). The Hall–Kier alpha value is -1.31. The van der Waals surface area contributed by atoms with E-state index in [1.54, 1.807) is 4.57 Å². The summed E-state index contributed by atoms with van der Waals surface area (Å²) in [4.78, 5) is 0. The molecule has 0 N–H and O–H groups in total. The molecule has 0 radical (unpaired) electrons. The van der Waals surface area contributed by atoms with Gasteiger partial charge in [-0.15, -0.1) is 0 Å². The van der Waals surface area contributed by atoms with Crippen molar-refractivity contribution >= 4 is 10.9 Å². The summed E-state index contributed by atoms with van der Waals surface area (Å²) in [6, 6.07) is 8.50. The van der Waals surface area contributed by atoms with Crippen LogP contribution in [0, 0.1) is 0 Å². The summed E-state index contributed by atoms with van der Waals surface area (Å²) in [7, 11) is 0. The molecule has 0 spiro atoms. The Balaban J connectivity index is 2.72. The van der Waals surface area contributed by atoms with Gasteiger partial charge >= 0.3 is 0 Å². The van der Waals surface area contributed by atoms with Crippen LogP contribution in [0.15, 0.2) is 24.3 Å². The van der Waals surface area contributed by atoms with Gasteiger partial charge in [-0.25, -0.2) is 4.39 Å². The first kappa shape index (κ1) is 14.1. The van der Waals surface area contributed by atoms with Gasteiger partial charge in [-0.2, -0.15) is 0 Å². The third-order valence-electron chi connectivity index (χ3n) is 3.66. The summed E-state index contributed by atoms with van der Waals surface area (Å²) in [5.74, 6) is 0. The fraction of sp³-hybridized carbons (Fsp3) is 0.529. The summed E-state index contributed by atoms with van der Waals surface area (Å²) in [6.07, 6.45) is 0. The molecular formula is C17H24FN. The Morgan fingerprint density at radius 2 is 1.58 bits per heavy atom. The van der Waals surface area contributed by atoms with E-state index in [0.717, 1.165) is 16.6 Å². The Bertz CT molecular complexity index is 594. The highest BCUT2D eigenvalue weighted by atomic mass is 19.1. The molecule has 0 aliphatic heterocycles. The molecule has 0 fully saturated rings. The van der Waals surface area contributed by atoms with Crippen molar-refractivity contribution in [2.24, 2.45) is 0 Å². The second kappa shape index (κ2) is 4.36. The van der Waals surface area contributed by atoms with Crippen LogP contribution in [0.3, 0.4) is 0 Å². The summed E-state index contributed by atoms with van der Waals surface area (Å²) in [5, 5.41) is 1.12. The van der Waals surface area contributed by atoms with E-state index in [1.165, 1.54) is 5.56 Å². The molecule has 1 heterocycles. The predicted molar refractivity (Wildman–Crippen MR) is 80.4 cm³/mol. The normalized spacial score (nSPS) is 13.2. The zero-order valence-electron chi connectivity index (χ0n) is 12.8. The Morgan fingerprint density at radius 1 is 0.947 bits per heavy atom. The van der Waals surface area contributed by atoms with Crippen molar-refractivity contribution in [3.63, 3.8) is 0 Å². The molecular weight excluding hydrogens is 237 g/mol. The second-order valence-corrected chi connectivity index (χ2v) is 7.35. The highest BCUT2D eigenvalue weighted by molar-refractivity contribution is 5.82. The van der Waals surface area contributed by atoms with Crippen molar-refractivity contribution in [3.8, 4) is 0 Å². The SMILES string of the molecule is CC(C)(C)c1ccc2cc(C(C)(C)C)n(CF)c2c1. The zero-order valence-corrected chi connectivity index (χ0v) is 12.8. The first-order valence-electron chi connectivity index (χ1n) is 6.85. The standard InChI is InChI=1S/C17H24FN/c1-16(2,3)13-8-7-12-9-15(17(4,5)6)19(11-18)14(12)10-13/h7-10H,11H2,1-6H3. The molecule has 2 aromatic rings. The minimum absolute atomic E-state index is 0.0486.